The van der Waals surface area contributed by atoms with Crippen LogP contribution in [0.15, 0.2) is 18.2 Å². The lowest BCUT2D eigenvalue weighted by Gasteiger charge is -2.29. The summed E-state index contributed by atoms with van der Waals surface area (Å²) in [6, 6.07) is 4.81. The Morgan fingerprint density at radius 2 is 2.05 bits per heavy atom. The summed E-state index contributed by atoms with van der Waals surface area (Å²) >= 11 is 0. The van der Waals surface area contributed by atoms with Crippen LogP contribution >= 0.6 is 0 Å². The molecule has 0 aliphatic heterocycles. The molecular formula is C15H20N2O3. The molecule has 0 aromatic heterocycles. The van der Waals surface area contributed by atoms with Gasteiger partial charge in [-0.2, -0.15) is 0 Å². The molecule has 1 amide bonds. The fraction of sp³-hybridized carbons (Fsp3) is 0.533. The van der Waals surface area contributed by atoms with Gasteiger partial charge in [-0.1, -0.05) is 25.8 Å². The summed E-state index contributed by atoms with van der Waals surface area (Å²) in [7, 11) is 0. The van der Waals surface area contributed by atoms with Crippen LogP contribution in [0, 0.1) is 23.0 Å². The lowest BCUT2D eigenvalue weighted by Crippen LogP contribution is -2.41. The van der Waals surface area contributed by atoms with Crippen molar-refractivity contribution in [3.05, 3.63) is 39.4 Å². The van der Waals surface area contributed by atoms with Crippen molar-refractivity contribution in [3.8, 4) is 0 Å². The molecule has 5 nitrogen and oxygen atoms in total. The monoisotopic (exact) mass is 276 g/mol. The number of hydrogen-bond donors (Lipinski definition) is 1. The minimum Gasteiger partial charge on any atom is -0.349 e. The molecular weight excluding hydrogens is 256 g/mol. The number of nitrogens with zero attached hydrogens (tertiary/aromatic N) is 1. The molecule has 0 saturated heterocycles. The van der Waals surface area contributed by atoms with Crippen LogP contribution in [-0.2, 0) is 0 Å². The molecule has 0 radical (unpaired) electrons. The van der Waals surface area contributed by atoms with Crippen LogP contribution in [-0.4, -0.2) is 16.9 Å². The van der Waals surface area contributed by atoms with Crippen molar-refractivity contribution in [2.45, 2.75) is 45.6 Å². The molecule has 1 saturated carbocycles. The lowest BCUT2D eigenvalue weighted by molar-refractivity contribution is -0.385. The van der Waals surface area contributed by atoms with Gasteiger partial charge >= 0.3 is 0 Å². The maximum Gasteiger partial charge on any atom is 0.273 e. The standard InChI is InChI=1S/C15H20N2O3/c1-10-6-3-4-8-13(10)16-15(18)12-7-5-9-14(11(12)2)17(19)20/h5,7,9-10,13H,3-4,6,8H2,1-2H3,(H,16,18)/t10-,13-/m1/s1. The van der Waals surface area contributed by atoms with Crippen molar-refractivity contribution in [1.29, 1.82) is 0 Å². The molecule has 1 aromatic rings. The average Bonchev–Trinajstić information content (AvgIpc) is 2.41. The number of benzene rings is 1. The second-order valence-corrected chi connectivity index (χ2v) is 5.55. The van der Waals surface area contributed by atoms with Crippen molar-refractivity contribution < 1.29 is 9.72 Å². The largest absolute Gasteiger partial charge is 0.349 e. The van der Waals surface area contributed by atoms with Gasteiger partial charge in [0.15, 0.2) is 0 Å². The van der Waals surface area contributed by atoms with E-state index >= 15 is 0 Å². The number of hydrogen-bond acceptors (Lipinski definition) is 3. The Bertz CT molecular complexity index is 528. The summed E-state index contributed by atoms with van der Waals surface area (Å²) in [5, 5.41) is 13.9. The molecule has 0 unspecified atom stereocenters. The minimum absolute atomic E-state index is 0.00524. The summed E-state index contributed by atoms with van der Waals surface area (Å²) in [5.41, 5.74) is 0.824. The minimum atomic E-state index is -0.449. The third-order valence-corrected chi connectivity index (χ3v) is 4.17. The molecule has 1 N–H and O–H groups in total. The van der Waals surface area contributed by atoms with Gasteiger partial charge in [0.2, 0.25) is 0 Å². The van der Waals surface area contributed by atoms with Crippen LogP contribution in [0.5, 0.6) is 0 Å². The van der Waals surface area contributed by atoms with Crippen molar-refractivity contribution in [3.63, 3.8) is 0 Å². The van der Waals surface area contributed by atoms with E-state index in [-0.39, 0.29) is 17.6 Å². The number of nitro groups is 1. The summed E-state index contributed by atoms with van der Waals surface area (Å²) < 4.78 is 0. The Balaban J connectivity index is 2.17. The van der Waals surface area contributed by atoms with Crippen LogP contribution in [0.1, 0.15) is 48.5 Å². The first kappa shape index (κ1) is 14.5. The molecule has 0 bridgehead atoms. The van der Waals surface area contributed by atoms with Crippen LogP contribution in [0.4, 0.5) is 5.69 Å². The third-order valence-electron chi connectivity index (χ3n) is 4.17. The third kappa shape index (κ3) is 2.98. The van der Waals surface area contributed by atoms with Gasteiger partial charge in [0, 0.05) is 23.2 Å². The fourth-order valence-corrected chi connectivity index (χ4v) is 2.84. The Morgan fingerprint density at radius 3 is 2.70 bits per heavy atom. The number of nitrogens with one attached hydrogen (secondary N) is 1. The molecule has 1 fully saturated rings. The SMILES string of the molecule is Cc1c(C(=O)N[C@@H]2CCCC[C@H]2C)cccc1[N+](=O)[O-]. The first-order valence-corrected chi connectivity index (χ1v) is 7.05. The fourth-order valence-electron chi connectivity index (χ4n) is 2.84. The Labute approximate surface area is 118 Å². The highest BCUT2D eigenvalue weighted by atomic mass is 16.6. The predicted octanol–water partition coefficient (Wildman–Crippen LogP) is 3.21. The Kier molecular flexibility index (Phi) is 4.37. The topological polar surface area (TPSA) is 72.2 Å². The van der Waals surface area contributed by atoms with E-state index in [1.165, 1.54) is 12.5 Å². The van der Waals surface area contributed by atoms with Gasteiger partial charge in [-0.25, -0.2) is 0 Å². The molecule has 1 aliphatic rings. The molecule has 0 spiro atoms. The van der Waals surface area contributed by atoms with Gasteiger partial charge in [-0.05, 0) is 31.7 Å². The van der Waals surface area contributed by atoms with E-state index in [1.54, 1.807) is 19.1 Å². The summed E-state index contributed by atoms with van der Waals surface area (Å²) in [6.45, 7) is 3.77. The predicted molar refractivity (Wildman–Crippen MR) is 76.7 cm³/mol. The van der Waals surface area contributed by atoms with E-state index < -0.39 is 4.92 Å². The number of amides is 1. The molecule has 2 rings (SSSR count). The van der Waals surface area contributed by atoms with Gasteiger partial charge in [-0.3, -0.25) is 14.9 Å². The van der Waals surface area contributed by atoms with E-state index in [9.17, 15) is 14.9 Å². The number of nitro benzene ring substituents is 1. The zero-order valence-corrected chi connectivity index (χ0v) is 11.9. The first-order chi connectivity index (χ1) is 9.50. The molecule has 1 aliphatic carbocycles. The highest BCUT2D eigenvalue weighted by Gasteiger charge is 2.25. The summed E-state index contributed by atoms with van der Waals surface area (Å²) in [4.78, 5) is 22.8. The van der Waals surface area contributed by atoms with E-state index in [0.717, 1.165) is 19.3 Å². The second kappa shape index (κ2) is 6.03. The van der Waals surface area contributed by atoms with Gasteiger partial charge < -0.3 is 5.32 Å². The zero-order valence-electron chi connectivity index (χ0n) is 11.9. The molecule has 0 heterocycles. The molecule has 1 aromatic carbocycles. The Morgan fingerprint density at radius 1 is 1.35 bits per heavy atom. The lowest BCUT2D eigenvalue weighted by atomic mass is 9.85. The van der Waals surface area contributed by atoms with Crippen LogP contribution < -0.4 is 5.32 Å². The first-order valence-electron chi connectivity index (χ1n) is 7.05. The van der Waals surface area contributed by atoms with Gasteiger partial charge in [0.05, 0.1) is 4.92 Å². The van der Waals surface area contributed by atoms with Gasteiger partial charge in [0.25, 0.3) is 11.6 Å². The second-order valence-electron chi connectivity index (χ2n) is 5.55. The van der Waals surface area contributed by atoms with Crippen molar-refractivity contribution in [1.82, 2.24) is 5.32 Å². The highest BCUT2D eigenvalue weighted by Crippen LogP contribution is 2.25. The van der Waals surface area contributed by atoms with Crippen molar-refractivity contribution >= 4 is 11.6 Å². The number of rotatable bonds is 3. The quantitative estimate of drug-likeness (QED) is 0.680. The van der Waals surface area contributed by atoms with Crippen LogP contribution in [0.3, 0.4) is 0 Å². The van der Waals surface area contributed by atoms with Gasteiger partial charge in [-0.15, -0.1) is 0 Å². The highest BCUT2D eigenvalue weighted by molar-refractivity contribution is 5.96. The van der Waals surface area contributed by atoms with Crippen molar-refractivity contribution in [2.24, 2.45) is 5.92 Å². The molecule has 20 heavy (non-hydrogen) atoms. The molecule has 2 atom stereocenters. The maximum atomic E-state index is 12.3. The molecule has 108 valence electrons. The Hall–Kier alpha value is -1.91. The van der Waals surface area contributed by atoms with Gasteiger partial charge in [0.1, 0.15) is 0 Å². The molecule has 5 heteroatoms. The van der Waals surface area contributed by atoms with Crippen molar-refractivity contribution in [2.75, 3.05) is 0 Å². The average molecular weight is 276 g/mol. The van der Waals surface area contributed by atoms with E-state index in [2.05, 4.69) is 12.2 Å². The van der Waals surface area contributed by atoms with Crippen LogP contribution in [0.2, 0.25) is 0 Å². The normalized spacial score (nSPS) is 22.3. The van der Waals surface area contributed by atoms with Crippen LogP contribution in [0.25, 0.3) is 0 Å². The van der Waals surface area contributed by atoms with E-state index in [1.807, 2.05) is 0 Å². The van der Waals surface area contributed by atoms with E-state index in [4.69, 9.17) is 0 Å². The number of carbonyl (C=O) groups is 1. The van der Waals surface area contributed by atoms with E-state index in [0.29, 0.717) is 17.0 Å². The number of carbonyl (C=O) groups excluding carboxylic acids is 1. The maximum absolute atomic E-state index is 12.3. The zero-order chi connectivity index (χ0) is 14.7. The summed E-state index contributed by atoms with van der Waals surface area (Å²) in [5.74, 6) is 0.261. The smallest absolute Gasteiger partial charge is 0.273 e. The summed E-state index contributed by atoms with van der Waals surface area (Å²) in [6.07, 6.45) is 4.45.